The van der Waals surface area contributed by atoms with Crippen molar-refractivity contribution >= 4 is 0 Å². The van der Waals surface area contributed by atoms with Crippen molar-refractivity contribution in [2.75, 3.05) is 41.3 Å². The van der Waals surface area contributed by atoms with E-state index in [1.807, 2.05) is 0 Å². The summed E-state index contributed by atoms with van der Waals surface area (Å²) in [4.78, 5) is 0. The predicted molar refractivity (Wildman–Crippen MR) is 170 cm³/mol. The van der Waals surface area contributed by atoms with E-state index in [2.05, 4.69) is 83.6 Å². The molecule has 0 aromatic heterocycles. The second kappa shape index (κ2) is 18.7. The van der Waals surface area contributed by atoms with Gasteiger partial charge in [-0.1, -0.05) is 67.2 Å². The van der Waals surface area contributed by atoms with E-state index in [9.17, 15) is 0 Å². The van der Waals surface area contributed by atoms with E-state index < -0.39 is 0 Å². The van der Waals surface area contributed by atoms with Gasteiger partial charge in [0.25, 0.3) is 0 Å². The molecular weight excluding hydrogens is 567 g/mol. The van der Waals surface area contributed by atoms with Crippen molar-refractivity contribution in [3.63, 3.8) is 0 Å². The SMILES string of the molecule is CC1CCCC(C)(C)C1CCC(C)[N+](C)(C)CCCCCC[N+](C)(C)C(C)CCC1C(C)CCCC1(C)C.[Cl-].[Cl-].[Cl-]. The van der Waals surface area contributed by atoms with Crippen molar-refractivity contribution in [2.24, 2.45) is 34.5 Å². The number of rotatable bonds is 15. The van der Waals surface area contributed by atoms with Gasteiger partial charge in [0.2, 0.25) is 0 Å². The molecule has 0 heterocycles. The average Bonchev–Trinajstić information content (AvgIpc) is 2.79. The minimum Gasteiger partial charge on any atom is -1.00 e. The smallest absolute Gasteiger partial charge is 0.0857 e. The van der Waals surface area contributed by atoms with Gasteiger partial charge in [0.15, 0.2) is 0 Å². The molecule has 0 bridgehead atoms. The number of hydrogen-bond donors (Lipinski definition) is 0. The minimum atomic E-state index is 0. The van der Waals surface area contributed by atoms with Gasteiger partial charge in [0.05, 0.1) is 53.4 Å². The average molecular weight is 641 g/mol. The molecule has 0 N–H and O–H groups in total. The first-order valence-electron chi connectivity index (χ1n) is 17.1. The molecule has 2 nitrogen and oxygen atoms in total. The van der Waals surface area contributed by atoms with E-state index in [1.165, 1.54) is 112 Å². The molecule has 0 amide bonds. The van der Waals surface area contributed by atoms with Gasteiger partial charge in [-0.3, -0.25) is 0 Å². The summed E-state index contributed by atoms with van der Waals surface area (Å²) >= 11 is 0. The fourth-order valence-electron chi connectivity index (χ4n) is 8.80. The van der Waals surface area contributed by atoms with Crippen LogP contribution in [0, 0.1) is 34.5 Å². The zero-order chi connectivity index (χ0) is 28.8. The molecular formula is C36H74Cl3N2-. The van der Waals surface area contributed by atoms with Crippen LogP contribution in [-0.4, -0.2) is 62.3 Å². The maximum absolute atomic E-state index is 2.54. The standard InChI is InChI=1S/C36H74N2.3ClH/c1-29-19-17-25-35(5,6)33(29)23-21-31(3)37(9,10)27-15-13-14-16-28-38(11,12)32(4)22-24-34-30(2)20-18-26-36(34,7)8;;;/h29-34H,13-28H2,1-12H3;3*1H/q+2;;;/p-3. The van der Waals surface area contributed by atoms with Gasteiger partial charge in [-0.05, 0) is 113 Å². The maximum Gasteiger partial charge on any atom is 0.0857 e. The number of nitrogens with zero attached hydrogens (tertiary/aromatic N) is 2. The van der Waals surface area contributed by atoms with Crippen molar-refractivity contribution in [1.82, 2.24) is 0 Å². The summed E-state index contributed by atoms with van der Waals surface area (Å²) in [5.41, 5.74) is 1.09. The largest absolute Gasteiger partial charge is 1.00 e. The molecule has 2 rings (SSSR count). The summed E-state index contributed by atoms with van der Waals surface area (Å²) in [5, 5.41) is 0. The topological polar surface area (TPSA) is 0 Å². The van der Waals surface area contributed by atoms with Gasteiger partial charge >= 0.3 is 0 Å². The van der Waals surface area contributed by atoms with E-state index in [0.29, 0.717) is 10.8 Å². The van der Waals surface area contributed by atoms with Crippen LogP contribution < -0.4 is 37.2 Å². The molecule has 250 valence electrons. The van der Waals surface area contributed by atoms with Crippen molar-refractivity contribution in [1.29, 1.82) is 0 Å². The third kappa shape index (κ3) is 13.4. The second-order valence-electron chi connectivity index (χ2n) is 17.2. The Kier molecular flexibility index (Phi) is 20.0. The van der Waals surface area contributed by atoms with Crippen LogP contribution >= 0.6 is 0 Å². The molecule has 5 heteroatoms. The summed E-state index contributed by atoms with van der Waals surface area (Å²) in [6.07, 6.45) is 19.9. The quantitative estimate of drug-likeness (QED) is 0.185. The molecule has 0 saturated heterocycles. The fraction of sp³-hybridized carbons (Fsp3) is 1.00. The van der Waals surface area contributed by atoms with Crippen LogP contribution in [0.25, 0.3) is 0 Å². The molecule has 2 saturated carbocycles. The molecule has 2 aliphatic rings. The summed E-state index contributed by atoms with van der Waals surface area (Å²) < 4.78 is 2.41. The molecule has 2 fully saturated rings. The van der Waals surface area contributed by atoms with Crippen LogP contribution in [0.4, 0.5) is 0 Å². The normalized spacial score (nSPS) is 27.5. The third-order valence-corrected chi connectivity index (χ3v) is 12.7. The highest BCUT2D eigenvalue weighted by Gasteiger charge is 2.38. The first-order chi connectivity index (χ1) is 17.5. The van der Waals surface area contributed by atoms with Crippen LogP contribution in [0.15, 0.2) is 0 Å². The van der Waals surface area contributed by atoms with E-state index >= 15 is 0 Å². The molecule has 6 unspecified atom stereocenters. The number of quaternary nitrogens is 2. The predicted octanol–water partition coefficient (Wildman–Crippen LogP) is 0.974. The Morgan fingerprint density at radius 1 is 0.585 bits per heavy atom. The first kappa shape index (κ1) is 43.9. The first-order valence-corrected chi connectivity index (χ1v) is 17.1. The molecule has 0 aromatic carbocycles. The Balaban J connectivity index is 0. The Bertz CT molecular complexity index is 632. The maximum atomic E-state index is 2.54. The van der Waals surface area contributed by atoms with Crippen molar-refractivity contribution < 1.29 is 46.2 Å². The van der Waals surface area contributed by atoms with Gasteiger partial charge in [-0.2, -0.15) is 0 Å². The van der Waals surface area contributed by atoms with Crippen LogP contribution in [0.5, 0.6) is 0 Å². The van der Waals surface area contributed by atoms with E-state index in [-0.39, 0.29) is 37.2 Å². The van der Waals surface area contributed by atoms with Crippen LogP contribution in [0.3, 0.4) is 0 Å². The third-order valence-electron chi connectivity index (χ3n) is 12.7. The van der Waals surface area contributed by atoms with Gasteiger partial charge < -0.3 is 46.2 Å². The van der Waals surface area contributed by atoms with Gasteiger partial charge in [-0.15, -0.1) is 0 Å². The van der Waals surface area contributed by atoms with Gasteiger partial charge in [0.1, 0.15) is 0 Å². The lowest BCUT2D eigenvalue weighted by molar-refractivity contribution is -0.914. The van der Waals surface area contributed by atoms with E-state index in [4.69, 9.17) is 0 Å². The molecule has 41 heavy (non-hydrogen) atoms. The highest BCUT2D eigenvalue weighted by atomic mass is 35.5. The van der Waals surface area contributed by atoms with Crippen molar-refractivity contribution in [2.45, 2.75) is 157 Å². The minimum absolute atomic E-state index is 0. The fourth-order valence-corrected chi connectivity index (χ4v) is 8.80. The summed E-state index contributed by atoms with van der Waals surface area (Å²) in [6.45, 7) is 22.9. The Morgan fingerprint density at radius 3 is 1.20 bits per heavy atom. The Morgan fingerprint density at radius 2 is 0.902 bits per heavy atom. The lowest BCUT2D eigenvalue weighted by Crippen LogP contribution is -3.00. The molecule has 0 radical (unpaired) electrons. The number of halogens is 3. The lowest BCUT2D eigenvalue weighted by atomic mass is 9.62. The summed E-state index contributed by atoms with van der Waals surface area (Å²) in [7, 11) is 9.99. The van der Waals surface area contributed by atoms with E-state index in [0.717, 1.165) is 35.8 Å². The van der Waals surface area contributed by atoms with Crippen LogP contribution in [0.2, 0.25) is 0 Å². The monoisotopic (exact) mass is 639 g/mol. The van der Waals surface area contributed by atoms with Gasteiger partial charge in [0, 0.05) is 0 Å². The van der Waals surface area contributed by atoms with Gasteiger partial charge in [-0.25, -0.2) is 0 Å². The highest BCUT2D eigenvalue weighted by molar-refractivity contribution is 4.87. The van der Waals surface area contributed by atoms with Crippen molar-refractivity contribution in [3.05, 3.63) is 0 Å². The molecule has 6 atom stereocenters. The molecule has 0 aliphatic heterocycles. The zero-order valence-corrected chi connectivity index (χ0v) is 32.1. The van der Waals surface area contributed by atoms with Crippen LogP contribution in [-0.2, 0) is 0 Å². The number of unbranched alkanes of at least 4 members (excludes halogenated alkanes) is 3. The lowest BCUT2D eigenvalue weighted by Gasteiger charge is -2.44. The molecule has 0 spiro atoms. The molecule has 0 aromatic rings. The summed E-state index contributed by atoms with van der Waals surface area (Å²) in [5.74, 6) is 3.66. The zero-order valence-electron chi connectivity index (χ0n) is 29.8. The van der Waals surface area contributed by atoms with Crippen molar-refractivity contribution in [3.8, 4) is 0 Å². The van der Waals surface area contributed by atoms with E-state index in [1.54, 1.807) is 0 Å². The summed E-state index contributed by atoms with van der Waals surface area (Å²) in [6, 6.07) is 1.54. The molecule has 2 aliphatic carbocycles. The highest BCUT2D eigenvalue weighted by Crippen LogP contribution is 2.47. The Hall–Kier alpha value is 0.790. The Labute approximate surface area is 278 Å². The van der Waals surface area contributed by atoms with Crippen LogP contribution in [0.1, 0.15) is 145 Å². The number of hydrogen-bond acceptors (Lipinski definition) is 0. The second-order valence-corrected chi connectivity index (χ2v) is 17.2.